The summed E-state index contributed by atoms with van der Waals surface area (Å²) in [4.78, 5) is 24.5. The van der Waals surface area contributed by atoms with Gasteiger partial charge in [0.25, 0.3) is 5.56 Å². The predicted octanol–water partition coefficient (Wildman–Crippen LogP) is 1.44. The maximum atomic E-state index is 12.5. The van der Waals surface area contributed by atoms with E-state index in [2.05, 4.69) is 10.4 Å². The number of fused-ring (bicyclic) bond motifs is 1. The smallest absolute Gasteiger partial charge is 0.277 e. The van der Waals surface area contributed by atoms with Crippen LogP contribution in [0.25, 0.3) is 10.9 Å². The van der Waals surface area contributed by atoms with Gasteiger partial charge in [0.1, 0.15) is 12.1 Å². The number of carbonyl (C=O) groups excluding carboxylic acids is 1. The van der Waals surface area contributed by atoms with Gasteiger partial charge in [-0.15, -0.1) is 0 Å². The maximum absolute atomic E-state index is 12.5. The zero-order valence-corrected chi connectivity index (χ0v) is 13.0. The summed E-state index contributed by atoms with van der Waals surface area (Å²) < 4.78 is 3.13. The number of hydrogen-bond acceptors (Lipinski definition) is 3. The molecule has 6 heteroatoms. The van der Waals surface area contributed by atoms with Gasteiger partial charge in [-0.3, -0.25) is 14.3 Å². The molecule has 0 spiro atoms. The number of hydrogen-bond donors (Lipinski definition) is 1. The Morgan fingerprint density at radius 1 is 1.43 bits per heavy atom. The lowest BCUT2D eigenvalue weighted by Gasteiger charge is -2.12. The first-order valence-electron chi connectivity index (χ1n) is 7.33. The molecule has 1 unspecified atom stereocenters. The fourth-order valence-electron chi connectivity index (χ4n) is 2.32. The number of rotatable bonds is 5. The van der Waals surface area contributed by atoms with Crippen molar-refractivity contribution in [3.05, 3.63) is 28.3 Å². The van der Waals surface area contributed by atoms with Crippen molar-refractivity contribution in [2.24, 2.45) is 0 Å². The molecule has 2 rings (SSSR count). The summed E-state index contributed by atoms with van der Waals surface area (Å²) in [6, 6.07) is 1.96. The van der Waals surface area contributed by atoms with E-state index in [4.69, 9.17) is 0 Å². The molecule has 0 radical (unpaired) electrons. The molecule has 21 heavy (non-hydrogen) atoms. The Bertz CT molecular complexity index is 714. The van der Waals surface area contributed by atoms with Crippen molar-refractivity contribution in [2.45, 2.75) is 53.2 Å². The van der Waals surface area contributed by atoms with E-state index in [0.29, 0.717) is 12.1 Å². The van der Waals surface area contributed by atoms with Crippen LogP contribution in [0.3, 0.4) is 0 Å². The minimum absolute atomic E-state index is 0.0348. The van der Waals surface area contributed by atoms with Gasteiger partial charge >= 0.3 is 0 Å². The van der Waals surface area contributed by atoms with Crippen LogP contribution in [0, 0.1) is 6.92 Å². The van der Waals surface area contributed by atoms with Gasteiger partial charge in [-0.05, 0) is 33.3 Å². The third-order valence-corrected chi connectivity index (χ3v) is 3.69. The van der Waals surface area contributed by atoms with Crippen LogP contribution >= 0.6 is 0 Å². The van der Waals surface area contributed by atoms with Gasteiger partial charge in [0.15, 0.2) is 0 Å². The van der Waals surface area contributed by atoms with Crippen molar-refractivity contribution in [1.82, 2.24) is 19.7 Å². The van der Waals surface area contributed by atoms with Crippen molar-refractivity contribution in [3.63, 3.8) is 0 Å². The highest BCUT2D eigenvalue weighted by Gasteiger charge is 2.14. The van der Waals surface area contributed by atoms with Crippen molar-refractivity contribution in [3.8, 4) is 0 Å². The summed E-state index contributed by atoms with van der Waals surface area (Å²) in [5, 5.41) is 8.07. The van der Waals surface area contributed by atoms with Crippen molar-refractivity contribution in [2.75, 3.05) is 0 Å². The van der Waals surface area contributed by atoms with Crippen LogP contribution in [0.2, 0.25) is 0 Å². The van der Waals surface area contributed by atoms with Gasteiger partial charge in [-0.25, -0.2) is 0 Å². The Kier molecular flexibility index (Phi) is 4.45. The third kappa shape index (κ3) is 2.99. The first-order valence-corrected chi connectivity index (χ1v) is 7.33. The predicted molar refractivity (Wildman–Crippen MR) is 82.3 cm³/mol. The van der Waals surface area contributed by atoms with E-state index < -0.39 is 0 Å². The van der Waals surface area contributed by atoms with E-state index in [1.807, 2.05) is 33.8 Å². The maximum Gasteiger partial charge on any atom is 0.277 e. The molecule has 1 amide bonds. The first-order chi connectivity index (χ1) is 9.97. The molecular formula is C15H22N4O2. The van der Waals surface area contributed by atoms with Gasteiger partial charge in [0.2, 0.25) is 5.91 Å². The van der Waals surface area contributed by atoms with Crippen LogP contribution in [0.1, 0.15) is 32.9 Å². The molecule has 0 saturated carbocycles. The molecule has 114 valence electrons. The summed E-state index contributed by atoms with van der Waals surface area (Å²) in [6.07, 6.45) is 2.52. The van der Waals surface area contributed by atoms with Gasteiger partial charge in [0, 0.05) is 24.2 Å². The first kappa shape index (κ1) is 15.3. The van der Waals surface area contributed by atoms with Crippen LogP contribution in [0.15, 0.2) is 17.1 Å². The van der Waals surface area contributed by atoms with E-state index in [0.717, 1.165) is 17.5 Å². The minimum Gasteiger partial charge on any atom is -0.352 e. The lowest BCUT2D eigenvalue weighted by Crippen LogP contribution is -2.37. The van der Waals surface area contributed by atoms with Crippen molar-refractivity contribution < 1.29 is 4.79 Å². The average Bonchev–Trinajstić information content (AvgIpc) is 2.79. The number of aromatic nitrogens is 3. The molecular weight excluding hydrogens is 268 g/mol. The van der Waals surface area contributed by atoms with Gasteiger partial charge < -0.3 is 9.88 Å². The standard InChI is InChI=1S/C15H22N4O2/c1-5-10(3)16-13(20)9-18-8-7-12-11(4)17-19(6-2)14(12)15(18)21/h7-8,10H,5-6,9H2,1-4H3,(H,16,20). The second-order valence-corrected chi connectivity index (χ2v) is 5.29. The number of nitrogens with one attached hydrogen (secondary N) is 1. The number of nitrogens with zero attached hydrogens (tertiary/aromatic N) is 3. The van der Waals surface area contributed by atoms with E-state index in [9.17, 15) is 9.59 Å². The highest BCUT2D eigenvalue weighted by molar-refractivity contribution is 5.81. The van der Waals surface area contributed by atoms with E-state index in [1.54, 1.807) is 10.9 Å². The van der Waals surface area contributed by atoms with Gasteiger partial charge in [0.05, 0.1) is 5.69 Å². The summed E-state index contributed by atoms with van der Waals surface area (Å²) in [6.45, 7) is 8.44. The molecule has 2 aromatic heterocycles. The SMILES string of the molecule is CCC(C)NC(=O)Cn1ccc2c(C)nn(CC)c2c1=O. The minimum atomic E-state index is -0.172. The third-order valence-electron chi connectivity index (χ3n) is 3.69. The molecule has 0 bridgehead atoms. The Labute approximate surface area is 123 Å². The molecule has 6 nitrogen and oxygen atoms in total. The second-order valence-electron chi connectivity index (χ2n) is 5.29. The Hall–Kier alpha value is -2.11. The fraction of sp³-hybridized carbons (Fsp3) is 0.533. The zero-order valence-electron chi connectivity index (χ0n) is 13.0. The fourth-order valence-corrected chi connectivity index (χ4v) is 2.32. The van der Waals surface area contributed by atoms with E-state index in [-0.39, 0.29) is 24.1 Å². The van der Waals surface area contributed by atoms with Crippen LogP contribution in [0.5, 0.6) is 0 Å². The molecule has 1 N–H and O–H groups in total. The lowest BCUT2D eigenvalue weighted by molar-refractivity contribution is -0.122. The van der Waals surface area contributed by atoms with Crippen LogP contribution in [0.4, 0.5) is 0 Å². The molecule has 0 aliphatic carbocycles. The van der Waals surface area contributed by atoms with Crippen molar-refractivity contribution >= 4 is 16.8 Å². The summed E-state index contributed by atoms with van der Waals surface area (Å²) in [7, 11) is 0. The summed E-state index contributed by atoms with van der Waals surface area (Å²) >= 11 is 0. The molecule has 2 aromatic rings. The van der Waals surface area contributed by atoms with Crippen LogP contribution in [-0.4, -0.2) is 26.3 Å². The number of amides is 1. The van der Waals surface area contributed by atoms with Crippen molar-refractivity contribution in [1.29, 1.82) is 0 Å². The summed E-state index contributed by atoms with van der Waals surface area (Å²) in [5.74, 6) is -0.148. The monoisotopic (exact) mass is 290 g/mol. The zero-order chi connectivity index (χ0) is 15.6. The highest BCUT2D eigenvalue weighted by Crippen LogP contribution is 2.13. The molecule has 0 fully saturated rings. The number of carbonyl (C=O) groups is 1. The average molecular weight is 290 g/mol. The van der Waals surface area contributed by atoms with Gasteiger partial charge in [-0.2, -0.15) is 5.10 Å². The van der Waals surface area contributed by atoms with Gasteiger partial charge in [-0.1, -0.05) is 6.92 Å². The Morgan fingerprint density at radius 3 is 2.76 bits per heavy atom. The van der Waals surface area contributed by atoms with Crippen LogP contribution < -0.4 is 10.9 Å². The quantitative estimate of drug-likeness (QED) is 0.906. The Morgan fingerprint density at radius 2 is 2.14 bits per heavy atom. The largest absolute Gasteiger partial charge is 0.352 e. The molecule has 0 aromatic carbocycles. The topological polar surface area (TPSA) is 68.9 Å². The highest BCUT2D eigenvalue weighted by atomic mass is 16.2. The number of aryl methyl sites for hydroxylation is 2. The Balaban J connectivity index is 2.36. The molecule has 0 aliphatic heterocycles. The lowest BCUT2D eigenvalue weighted by atomic mass is 10.2. The molecule has 2 heterocycles. The molecule has 0 aliphatic rings. The second kappa shape index (κ2) is 6.11. The van der Waals surface area contributed by atoms with Crippen LogP contribution in [-0.2, 0) is 17.9 Å². The van der Waals surface area contributed by atoms with E-state index in [1.165, 1.54) is 4.57 Å². The molecule has 0 saturated heterocycles. The van der Waals surface area contributed by atoms with E-state index >= 15 is 0 Å². The molecule has 1 atom stereocenters. The summed E-state index contributed by atoms with van der Waals surface area (Å²) in [5.41, 5.74) is 1.23. The number of pyridine rings is 1. The normalized spacial score (nSPS) is 12.6.